The van der Waals surface area contributed by atoms with Crippen LogP contribution in [0.25, 0.3) is 11.1 Å². The summed E-state index contributed by atoms with van der Waals surface area (Å²) in [5.74, 6) is 0. The summed E-state index contributed by atoms with van der Waals surface area (Å²) in [7, 11) is 0. The third-order valence-corrected chi connectivity index (χ3v) is 3.51. The lowest BCUT2D eigenvalue weighted by molar-refractivity contribution is 0.413. The Morgan fingerprint density at radius 3 is 2.75 bits per heavy atom. The average molecular weight is 211 g/mol. The Morgan fingerprint density at radius 1 is 0.938 bits per heavy atom. The van der Waals surface area contributed by atoms with Gasteiger partial charge in [0.2, 0.25) is 0 Å². The van der Waals surface area contributed by atoms with Crippen LogP contribution >= 0.6 is 0 Å². The lowest BCUT2D eigenvalue weighted by atomic mass is 9.96. The van der Waals surface area contributed by atoms with Crippen LogP contribution in [0.1, 0.15) is 30.9 Å². The summed E-state index contributed by atoms with van der Waals surface area (Å²) in [6, 6.07) is 15.9. The molecule has 0 bridgehead atoms. The second-order valence-corrected chi connectivity index (χ2v) is 4.57. The molecule has 0 aromatic rings. The van der Waals surface area contributed by atoms with Crippen LogP contribution in [0.15, 0.2) is 42.5 Å². The number of nitrogens with one attached hydrogen (secondary N) is 1. The molecule has 0 aromatic carbocycles. The van der Waals surface area contributed by atoms with Gasteiger partial charge in [-0.05, 0) is 36.1 Å². The van der Waals surface area contributed by atoms with Crippen molar-refractivity contribution in [2.24, 2.45) is 0 Å². The smallest absolute Gasteiger partial charge is 0.0326 e. The zero-order valence-corrected chi connectivity index (χ0v) is 9.45. The normalized spacial score (nSPS) is 21.1. The summed E-state index contributed by atoms with van der Waals surface area (Å²) >= 11 is 0. The molecule has 16 heavy (non-hydrogen) atoms. The fraction of sp³-hybridized carbons (Fsp3) is 0.333. The summed E-state index contributed by atoms with van der Waals surface area (Å²) in [6.07, 6.45) is 3.95. The van der Waals surface area contributed by atoms with Crippen molar-refractivity contribution in [2.45, 2.75) is 25.3 Å². The molecule has 0 spiro atoms. The zero-order chi connectivity index (χ0) is 10.8. The van der Waals surface area contributed by atoms with Gasteiger partial charge in [-0.2, -0.15) is 0 Å². The lowest BCUT2D eigenvalue weighted by Gasteiger charge is -2.24. The standard InChI is InChI=1S/C15H17N/c1-2-6-12-9-10-14(13(12)7-3-1)15-8-4-5-11-16-15/h1-3,6-7,9-10,15-16H,4-5,8,11H2. The molecule has 1 heteroatoms. The van der Waals surface area contributed by atoms with Crippen molar-refractivity contribution >= 4 is 0 Å². The molecule has 82 valence electrons. The highest BCUT2D eigenvalue weighted by atomic mass is 14.9. The van der Waals surface area contributed by atoms with E-state index < -0.39 is 0 Å². The van der Waals surface area contributed by atoms with E-state index in [9.17, 15) is 0 Å². The van der Waals surface area contributed by atoms with E-state index in [2.05, 4.69) is 47.8 Å². The molecule has 2 aliphatic carbocycles. The average Bonchev–Trinajstić information content (AvgIpc) is 2.60. The fourth-order valence-electron chi connectivity index (χ4n) is 2.66. The monoisotopic (exact) mass is 211 g/mol. The van der Waals surface area contributed by atoms with Gasteiger partial charge in [-0.3, -0.25) is 0 Å². The maximum absolute atomic E-state index is 3.62. The first kappa shape index (κ1) is 9.86. The Kier molecular flexibility index (Phi) is 2.63. The SMILES string of the molecule is c1ccc2ccc(C3CCCCN3)c-2cc1. The number of piperidine rings is 1. The summed E-state index contributed by atoms with van der Waals surface area (Å²) in [4.78, 5) is 0. The Bertz CT molecular complexity index is 443. The Morgan fingerprint density at radius 2 is 1.88 bits per heavy atom. The number of hydrogen-bond acceptors (Lipinski definition) is 1. The lowest BCUT2D eigenvalue weighted by Crippen LogP contribution is -2.26. The van der Waals surface area contributed by atoms with Gasteiger partial charge >= 0.3 is 0 Å². The largest absolute Gasteiger partial charge is 0.310 e. The maximum Gasteiger partial charge on any atom is 0.0326 e. The molecule has 1 nitrogen and oxygen atoms in total. The molecular formula is C15H17N. The van der Waals surface area contributed by atoms with Crippen molar-refractivity contribution in [3.63, 3.8) is 0 Å². The molecule has 1 aliphatic heterocycles. The van der Waals surface area contributed by atoms with E-state index >= 15 is 0 Å². The van der Waals surface area contributed by atoms with Crippen LogP contribution in [0, 0.1) is 0 Å². The first-order valence-corrected chi connectivity index (χ1v) is 6.16. The molecule has 1 atom stereocenters. The summed E-state index contributed by atoms with van der Waals surface area (Å²) in [5.41, 5.74) is 4.24. The first-order valence-electron chi connectivity index (χ1n) is 6.16. The molecular weight excluding hydrogens is 194 g/mol. The van der Waals surface area contributed by atoms with Gasteiger partial charge in [-0.25, -0.2) is 0 Å². The van der Waals surface area contributed by atoms with Crippen LogP contribution in [0.2, 0.25) is 0 Å². The molecule has 0 aromatic heterocycles. The Labute approximate surface area is 96.8 Å². The highest BCUT2D eigenvalue weighted by Crippen LogP contribution is 2.34. The third-order valence-electron chi connectivity index (χ3n) is 3.51. The predicted octanol–water partition coefficient (Wildman–Crippen LogP) is 3.61. The highest BCUT2D eigenvalue weighted by molar-refractivity contribution is 5.71. The molecule has 0 radical (unpaired) electrons. The van der Waals surface area contributed by atoms with E-state index in [0.717, 1.165) is 6.54 Å². The van der Waals surface area contributed by atoms with Crippen molar-refractivity contribution in [2.75, 3.05) is 6.54 Å². The number of rotatable bonds is 1. The van der Waals surface area contributed by atoms with Crippen LogP contribution in [-0.2, 0) is 0 Å². The van der Waals surface area contributed by atoms with E-state index in [1.165, 1.54) is 36.0 Å². The molecule has 3 rings (SSSR count). The van der Waals surface area contributed by atoms with E-state index in [0.29, 0.717) is 6.04 Å². The van der Waals surface area contributed by atoms with Gasteiger partial charge in [-0.15, -0.1) is 0 Å². The zero-order valence-electron chi connectivity index (χ0n) is 9.45. The van der Waals surface area contributed by atoms with Crippen LogP contribution in [0.4, 0.5) is 0 Å². The molecule has 1 unspecified atom stereocenters. The van der Waals surface area contributed by atoms with E-state index in [-0.39, 0.29) is 0 Å². The maximum atomic E-state index is 3.62. The van der Waals surface area contributed by atoms with E-state index in [4.69, 9.17) is 0 Å². The number of fused-ring (bicyclic) bond motifs is 1. The number of hydrogen-bond donors (Lipinski definition) is 1. The van der Waals surface area contributed by atoms with Gasteiger partial charge < -0.3 is 5.32 Å². The van der Waals surface area contributed by atoms with Crippen molar-refractivity contribution in [3.8, 4) is 11.1 Å². The molecule has 1 heterocycles. The second kappa shape index (κ2) is 4.26. The van der Waals surface area contributed by atoms with Crippen LogP contribution < -0.4 is 5.32 Å². The van der Waals surface area contributed by atoms with E-state index in [1.807, 2.05) is 0 Å². The first-order chi connectivity index (χ1) is 7.95. The second-order valence-electron chi connectivity index (χ2n) is 4.57. The van der Waals surface area contributed by atoms with Gasteiger partial charge in [0.15, 0.2) is 0 Å². The van der Waals surface area contributed by atoms with Crippen molar-refractivity contribution in [1.82, 2.24) is 5.32 Å². The molecule has 0 saturated carbocycles. The van der Waals surface area contributed by atoms with Crippen molar-refractivity contribution in [1.29, 1.82) is 0 Å². The minimum absolute atomic E-state index is 0.564. The molecule has 1 N–H and O–H groups in total. The Hall–Kier alpha value is -1.34. The summed E-state index contributed by atoms with van der Waals surface area (Å²) in [5, 5.41) is 3.62. The van der Waals surface area contributed by atoms with Gasteiger partial charge in [0.1, 0.15) is 0 Å². The van der Waals surface area contributed by atoms with Crippen LogP contribution in [0.5, 0.6) is 0 Å². The van der Waals surface area contributed by atoms with Crippen molar-refractivity contribution in [3.05, 3.63) is 48.0 Å². The van der Waals surface area contributed by atoms with Gasteiger partial charge in [0.05, 0.1) is 0 Å². The Balaban J connectivity index is 1.99. The molecule has 1 fully saturated rings. The minimum Gasteiger partial charge on any atom is -0.310 e. The molecule has 1 saturated heterocycles. The fourth-order valence-corrected chi connectivity index (χ4v) is 2.66. The molecule has 3 aliphatic rings. The third kappa shape index (κ3) is 1.72. The van der Waals surface area contributed by atoms with Gasteiger partial charge in [0.25, 0.3) is 0 Å². The predicted molar refractivity (Wildman–Crippen MR) is 67.7 cm³/mol. The quantitative estimate of drug-likeness (QED) is 0.760. The molecule has 0 amide bonds. The van der Waals surface area contributed by atoms with Crippen molar-refractivity contribution < 1.29 is 0 Å². The summed E-state index contributed by atoms with van der Waals surface area (Å²) in [6.45, 7) is 1.16. The summed E-state index contributed by atoms with van der Waals surface area (Å²) < 4.78 is 0. The van der Waals surface area contributed by atoms with Crippen LogP contribution in [-0.4, -0.2) is 6.54 Å². The topological polar surface area (TPSA) is 12.0 Å². The minimum atomic E-state index is 0.564. The highest BCUT2D eigenvalue weighted by Gasteiger charge is 2.19. The van der Waals surface area contributed by atoms with Gasteiger partial charge in [-0.1, -0.05) is 48.9 Å². The van der Waals surface area contributed by atoms with Gasteiger partial charge in [0, 0.05) is 6.04 Å². The van der Waals surface area contributed by atoms with Crippen LogP contribution in [0.3, 0.4) is 0 Å². The van der Waals surface area contributed by atoms with E-state index in [1.54, 1.807) is 0 Å².